The highest BCUT2D eigenvalue weighted by Gasteiger charge is 2.41. The minimum absolute atomic E-state index is 0.0623. The van der Waals surface area contributed by atoms with Gasteiger partial charge in [0, 0.05) is 12.5 Å². The Morgan fingerprint density at radius 2 is 1.94 bits per heavy atom. The molecule has 0 N–H and O–H groups in total. The lowest BCUT2D eigenvalue weighted by Crippen LogP contribution is -2.31. The van der Waals surface area contributed by atoms with Crippen LogP contribution in [0.25, 0.3) is 0 Å². The van der Waals surface area contributed by atoms with Gasteiger partial charge in [0.2, 0.25) is 0 Å². The molecule has 1 aliphatic heterocycles. The third-order valence-electron chi connectivity index (χ3n) is 3.68. The second-order valence-corrected chi connectivity index (χ2v) is 4.95. The molecule has 3 rings (SSSR count). The van der Waals surface area contributed by atoms with Gasteiger partial charge in [0.05, 0.1) is 5.69 Å². The number of nitrogens with zero attached hydrogens (tertiary/aromatic N) is 1. The van der Waals surface area contributed by atoms with E-state index in [9.17, 15) is 0 Å². The van der Waals surface area contributed by atoms with E-state index in [0.29, 0.717) is 0 Å². The summed E-state index contributed by atoms with van der Waals surface area (Å²) in [4.78, 5) is 4.50. The molecule has 0 radical (unpaired) electrons. The number of hydrogen-bond acceptors (Lipinski definition) is 2. The zero-order valence-electron chi connectivity index (χ0n) is 9.92. The number of fused-ring (bicyclic) bond motifs is 2. The van der Waals surface area contributed by atoms with E-state index in [1.54, 1.807) is 0 Å². The molecule has 0 unspecified atom stereocenters. The zero-order chi connectivity index (χ0) is 11.2. The fourth-order valence-electron chi connectivity index (χ4n) is 2.96. The third kappa shape index (κ3) is 1.36. The summed E-state index contributed by atoms with van der Waals surface area (Å²) in [6.45, 7) is 4.09. The summed E-state index contributed by atoms with van der Waals surface area (Å²) < 4.78 is 6.07. The summed E-state index contributed by atoms with van der Waals surface area (Å²) in [5.41, 5.74) is 3.64. The van der Waals surface area contributed by atoms with Crippen LogP contribution in [0.15, 0.2) is 23.2 Å². The van der Waals surface area contributed by atoms with Crippen molar-refractivity contribution >= 4 is 11.6 Å². The molecule has 1 fully saturated rings. The number of aliphatic imine (C=N–C) groups is 1. The van der Waals surface area contributed by atoms with Crippen LogP contribution >= 0.6 is 0 Å². The summed E-state index contributed by atoms with van der Waals surface area (Å²) in [7, 11) is 0. The van der Waals surface area contributed by atoms with Crippen molar-refractivity contribution in [2.45, 2.75) is 45.1 Å². The van der Waals surface area contributed by atoms with E-state index in [2.05, 4.69) is 30.1 Å². The quantitative estimate of drug-likeness (QED) is 0.644. The topological polar surface area (TPSA) is 21.6 Å². The van der Waals surface area contributed by atoms with Gasteiger partial charge in [0.25, 0.3) is 0 Å². The van der Waals surface area contributed by atoms with Crippen LogP contribution in [0.2, 0.25) is 0 Å². The van der Waals surface area contributed by atoms with E-state index < -0.39 is 0 Å². The van der Waals surface area contributed by atoms with E-state index in [4.69, 9.17) is 4.74 Å². The number of aryl methyl sites for hydroxylation is 1. The van der Waals surface area contributed by atoms with Crippen molar-refractivity contribution in [3.63, 3.8) is 0 Å². The largest absolute Gasteiger partial charge is 0.470 e. The Morgan fingerprint density at radius 1 is 1.19 bits per heavy atom. The number of hydrogen-bond donors (Lipinski definition) is 0. The van der Waals surface area contributed by atoms with Gasteiger partial charge in [0.15, 0.2) is 5.90 Å². The molecule has 2 nitrogen and oxygen atoms in total. The average molecular weight is 215 g/mol. The Hall–Kier alpha value is -1.31. The number of benzene rings is 1. The molecule has 1 heterocycles. The molecule has 0 saturated heterocycles. The van der Waals surface area contributed by atoms with Crippen LogP contribution in [0.3, 0.4) is 0 Å². The molecule has 16 heavy (non-hydrogen) atoms. The second-order valence-electron chi connectivity index (χ2n) is 4.95. The van der Waals surface area contributed by atoms with Gasteiger partial charge in [-0.25, -0.2) is 4.99 Å². The molecule has 1 aromatic carbocycles. The molecule has 0 aromatic heterocycles. The highest BCUT2D eigenvalue weighted by atomic mass is 16.5. The van der Waals surface area contributed by atoms with Crippen molar-refractivity contribution in [2.75, 3.05) is 0 Å². The molecule has 1 aliphatic carbocycles. The zero-order valence-corrected chi connectivity index (χ0v) is 9.92. The normalized spacial score (nSPS) is 21.5. The maximum Gasteiger partial charge on any atom is 0.186 e. The van der Waals surface area contributed by atoms with E-state index in [-0.39, 0.29) is 5.60 Å². The summed E-state index contributed by atoms with van der Waals surface area (Å²) in [5.74, 6) is 0.818. The molecule has 2 aliphatic rings. The van der Waals surface area contributed by atoms with E-state index in [0.717, 1.165) is 24.4 Å². The van der Waals surface area contributed by atoms with Crippen LogP contribution in [0.4, 0.5) is 5.69 Å². The van der Waals surface area contributed by atoms with Crippen molar-refractivity contribution in [3.8, 4) is 0 Å². The highest BCUT2D eigenvalue weighted by Crippen LogP contribution is 2.48. The van der Waals surface area contributed by atoms with Crippen LogP contribution in [0, 0.1) is 6.92 Å². The Morgan fingerprint density at radius 3 is 2.69 bits per heavy atom. The van der Waals surface area contributed by atoms with Crippen LogP contribution in [-0.4, -0.2) is 5.90 Å². The minimum atomic E-state index is -0.0623. The lowest BCUT2D eigenvalue weighted by molar-refractivity contribution is 0.0554. The predicted molar refractivity (Wildman–Crippen MR) is 65.2 cm³/mol. The van der Waals surface area contributed by atoms with Gasteiger partial charge in [-0.05, 0) is 44.7 Å². The molecule has 84 valence electrons. The monoisotopic (exact) mass is 215 g/mol. The first kappa shape index (κ1) is 9.88. The second kappa shape index (κ2) is 3.34. The van der Waals surface area contributed by atoms with Crippen LogP contribution in [0.5, 0.6) is 0 Å². The molecule has 1 aromatic rings. The Kier molecular flexibility index (Phi) is 2.06. The smallest absolute Gasteiger partial charge is 0.186 e. The predicted octanol–water partition coefficient (Wildman–Crippen LogP) is 3.84. The van der Waals surface area contributed by atoms with Gasteiger partial charge in [-0.2, -0.15) is 0 Å². The van der Waals surface area contributed by atoms with Crippen molar-refractivity contribution in [3.05, 3.63) is 29.3 Å². The molecule has 1 saturated carbocycles. The van der Waals surface area contributed by atoms with Gasteiger partial charge in [0.1, 0.15) is 5.60 Å². The van der Waals surface area contributed by atoms with E-state index >= 15 is 0 Å². The third-order valence-corrected chi connectivity index (χ3v) is 3.68. The average Bonchev–Trinajstić information content (AvgIpc) is 2.69. The lowest BCUT2D eigenvalue weighted by Gasteiger charge is -2.35. The Bertz CT molecular complexity index is 456. The SMILES string of the molecule is CC1=Nc2ccc(C)cc2C2(CCCC2)O1. The maximum absolute atomic E-state index is 6.07. The van der Waals surface area contributed by atoms with Crippen LogP contribution in [-0.2, 0) is 10.3 Å². The fraction of sp³-hybridized carbons (Fsp3) is 0.500. The molecular weight excluding hydrogens is 198 g/mol. The van der Waals surface area contributed by atoms with Gasteiger partial charge in [-0.15, -0.1) is 0 Å². The van der Waals surface area contributed by atoms with Crippen molar-refractivity contribution in [1.29, 1.82) is 0 Å². The lowest BCUT2D eigenvalue weighted by atomic mass is 9.88. The Balaban J connectivity index is 2.18. The van der Waals surface area contributed by atoms with Gasteiger partial charge in [-0.1, -0.05) is 11.6 Å². The van der Waals surface area contributed by atoms with Crippen molar-refractivity contribution < 1.29 is 4.74 Å². The van der Waals surface area contributed by atoms with Gasteiger partial charge >= 0.3 is 0 Å². The molecule has 1 spiro atoms. The molecule has 2 heteroatoms. The molecule has 0 amide bonds. The van der Waals surface area contributed by atoms with Gasteiger partial charge < -0.3 is 4.74 Å². The molecule has 0 atom stereocenters. The first-order valence-electron chi connectivity index (χ1n) is 6.05. The summed E-state index contributed by atoms with van der Waals surface area (Å²) in [6.07, 6.45) is 4.80. The van der Waals surface area contributed by atoms with Crippen LogP contribution in [0.1, 0.15) is 43.7 Å². The number of rotatable bonds is 0. The molecular formula is C14H17NO. The summed E-state index contributed by atoms with van der Waals surface area (Å²) in [5, 5.41) is 0. The summed E-state index contributed by atoms with van der Waals surface area (Å²) in [6, 6.07) is 6.50. The fourth-order valence-corrected chi connectivity index (χ4v) is 2.96. The van der Waals surface area contributed by atoms with Crippen LogP contribution < -0.4 is 0 Å². The van der Waals surface area contributed by atoms with Crippen molar-refractivity contribution in [1.82, 2.24) is 0 Å². The minimum Gasteiger partial charge on any atom is -0.470 e. The van der Waals surface area contributed by atoms with Crippen molar-refractivity contribution in [2.24, 2.45) is 4.99 Å². The first-order chi connectivity index (χ1) is 7.70. The standard InChI is InChI=1S/C14H17NO/c1-10-5-6-13-12(9-10)14(7-3-4-8-14)16-11(2)15-13/h5-6,9H,3-4,7-8H2,1-2H3. The molecule has 0 bridgehead atoms. The number of ether oxygens (including phenoxy) is 1. The van der Waals surface area contributed by atoms with Gasteiger partial charge in [-0.3, -0.25) is 0 Å². The Labute approximate surface area is 96.3 Å². The van der Waals surface area contributed by atoms with E-state index in [1.165, 1.54) is 24.0 Å². The highest BCUT2D eigenvalue weighted by molar-refractivity contribution is 5.80. The first-order valence-corrected chi connectivity index (χ1v) is 6.05. The van der Waals surface area contributed by atoms with E-state index in [1.807, 2.05) is 6.92 Å². The summed E-state index contributed by atoms with van der Waals surface area (Å²) >= 11 is 0. The maximum atomic E-state index is 6.07.